The number of hydrogen-bond donors (Lipinski definition) is 0. The van der Waals surface area contributed by atoms with E-state index in [9.17, 15) is 4.79 Å². The minimum absolute atomic E-state index is 0.126. The largest absolute Gasteiger partial charge is 0.497 e. The van der Waals surface area contributed by atoms with Crippen molar-refractivity contribution in [2.75, 3.05) is 26.8 Å². The number of fused-ring (bicyclic) bond motifs is 1. The van der Waals surface area contributed by atoms with Gasteiger partial charge < -0.3 is 18.9 Å². The van der Waals surface area contributed by atoms with Crippen LogP contribution in [0, 0.1) is 0 Å². The Morgan fingerprint density at radius 3 is 2.57 bits per heavy atom. The molecule has 0 radical (unpaired) electrons. The molecular formula is C22H25N3O3. The van der Waals surface area contributed by atoms with Crippen molar-refractivity contribution in [3.63, 3.8) is 0 Å². The van der Waals surface area contributed by atoms with Gasteiger partial charge in [0.25, 0.3) is 0 Å². The van der Waals surface area contributed by atoms with E-state index in [0.29, 0.717) is 19.6 Å². The predicted molar refractivity (Wildman–Crippen MR) is 108 cm³/mol. The van der Waals surface area contributed by atoms with Gasteiger partial charge in [-0.1, -0.05) is 12.1 Å². The number of rotatable bonds is 7. The van der Waals surface area contributed by atoms with E-state index in [1.807, 2.05) is 54.3 Å². The van der Waals surface area contributed by atoms with Crippen LogP contribution in [0.1, 0.15) is 25.1 Å². The lowest BCUT2D eigenvalue weighted by molar-refractivity contribution is -0.127. The number of amides is 1. The summed E-state index contributed by atoms with van der Waals surface area (Å²) < 4.78 is 13.3. The van der Waals surface area contributed by atoms with Crippen molar-refractivity contribution in [1.82, 2.24) is 14.5 Å². The van der Waals surface area contributed by atoms with E-state index < -0.39 is 0 Å². The summed E-state index contributed by atoms with van der Waals surface area (Å²) in [6, 6.07) is 15.7. The predicted octanol–water partition coefficient (Wildman–Crippen LogP) is 3.46. The van der Waals surface area contributed by atoms with Crippen molar-refractivity contribution in [1.29, 1.82) is 0 Å². The molecule has 1 unspecified atom stereocenters. The van der Waals surface area contributed by atoms with Crippen molar-refractivity contribution < 1.29 is 14.3 Å². The summed E-state index contributed by atoms with van der Waals surface area (Å²) in [6.45, 7) is 4.70. The van der Waals surface area contributed by atoms with Crippen molar-refractivity contribution in [3.05, 3.63) is 54.4 Å². The molecule has 28 heavy (non-hydrogen) atoms. The maximum Gasteiger partial charge on any atom is 0.223 e. The Kier molecular flexibility index (Phi) is 5.19. The molecule has 0 aliphatic carbocycles. The maximum atomic E-state index is 12.2. The Morgan fingerprint density at radius 1 is 1.11 bits per heavy atom. The minimum atomic E-state index is 0.126. The molecule has 3 aromatic rings. The highest BCUT2D eigenvalue weighted by Gasteiger charge is 2.33. The molecule has 1 saturated heterocycles. The molecule has 0 saturated carbocycles. The SMILES string of the molecule is CCN1CC(c2nc3ccccc3n2CCOc2ccc(OC)cc2)CC1=O. The van der Waals surface area contributed by atoms with Crippen LogP contribution >= 0.6 is 0 Å². The first-order valence-corrected chi connectivity index (χ1v) is 9.69. The van der Waals surface area contributed by atoms with Gasteiger partial charge in [-0.3, -0.25) is 4.79 Å². The standard InChI is InChI=1S/C22H25N3O3/c1-3-24-15-16(14-21(24)26)22-23-19-6-4-5-7-20(19)25(22)12-13-28-18-10-8-17(27-2)9-11-18/h4-11,16H,3,12-15H2,1-2H3. The fraction of sp³-hybridized carbons (Fsp3) is 0.364. The molecule has 2 heterocycles. The van der Waals surface area contributed by atoms with Crippen LogP contribution in [0.15, 0.2) is 48.5 Å². The first-order valence-electron chi connectivity index (χ1n) is 9.69. The topological polar surface area (TPSA) is 56.6 Å². The lowest BCUT2D eigenvalue weighted by Crippen LogP contribution is -2.24. The van der Waals surface area contributed by atoms with Gasteiger partial charge in [-0.05, 0) is 43.3 Å². The molecule has 1 fully saturated rings. The number of carbonyl (C=O) groups is 1. The Labute approximate surface area is 164 Å². The number of nitrogens with zero attached hydrogens (tertiary/aromatic N) is 3. The average molecular weight is 379 g/mol. The number of carbonyl (C=O) groups excluding carboxylic acids is 1. The molecule has 1 aromatic heterocycles. The molecular weight excluding hydrogens is 354 g/mol. The minimum Gasteiger partial charge on any atom is -0.497 e. The van der Waals surface area contributed by atoms with Crippen molar-refractivity contribution in [3.8, 4) is 11.5 Å². The Morgan fingerprint density at radius 2 is 1.86 bits per heavy atom. The number of likely N-dealkylation sites (tertiary alicyclic amines) is 1. The van der Waals surface area contributed by atoms with Crippen molar-refractivity contribution >= 4 is 16.9 Å². The maximum absolute atomic E-state index is 12.2. The normalized spacial score (nSPS) is 16.7. The van der Waals surface area contributed by atoms with Gasteiger partial charge in [-0.25, -0.2) is 4.98 Å². The fourth-order valence-corrected chi connectivity index (χ4v) is 3.82. The summed E-state index contributed by atoms with van der Waals surface area (Å²) in [5.41, 5.74) is 2.04. The van der Waals surface area contributed by atoms with Crippen LogP contribution in [0.5, 0.6) is 11.5 Å². The quantitative estimate of drug-likeness (QED) is 0.631. The second-order valence-electron chi connectivity index (χ2n) is 6.97. The number of para-hydroxylation sites is 2. The third-order valence-electron chi connectivity index (χ3n) is 5.29. The van der Waals surface area contributed by atoms with E-state index in [2.05, 4.69) is 10.6 Å². The zero-order valence-electron chi connectivity index (χ0n) is 16.3. The summed E-state index contributed by atoms with van der Waals surface area (Å²) in [6.07, 6.45) is 0.524. The van der Waals surface area contributed by atoms with Crippen LogP contribution < -0.4 is 9.47 Å². The lowest BCUT2D eigenvalue weighted by atomic mass is 10.1. The molecule has 1 amide bonds. The van der Waals surface area contributed by atoms with Gasteiger partial charge in [0.05, 0.1) is 24.7 Å². The summed E-state index contributed by atoms with van der Waals surface area (Å²) in [5.74, 6) is 2.92. The van der Waals surface area contributed by atoms with E-state index in [1.54, 1.807) is 7.11 Å². The van der Waals surface area contributed by atoms with Crippen LogP contribution in [-0.2, 0) is 11.3 Å². The first kappa shape index (κ1) is 18.3. The van der Waals surface area contributed by atoms with Crippen LogP contribution in [0.25, 0.3) is 11.0 Å². The molecule has 2 aromatic carbocycles. The molecule has 146 valence electrons. The van der Waals surface area contributed by atoms with Gasteiger partial charge in [0, 0.05) is 25.4 Å². The zero-order valence-corrected chi connectivity index (χ0v) is 16.3. The highest BCUT2D eigenvalue weighted by atomic mass is 16.5. The molecule has 0 spiro atoms. The second-order valence-corrected chi connectivity index (χ2v) is 6.97. The molecule has 6 heteroatoms. The van der Waals surface area contributed by atoms with Crippen LogP contribution in [0.2, 0.25) is 0 Å². The molecule has 6 nitrogen and oxygen atoms in total. The number of methoxy groups -OCH3 is 1. The number of likely N-dealkylation sites (N-methyl/N-ethyl adjacent to an activating group) is 1. The van der Waals surface area contributed by atoms with E-state index in [4.69, 9.17) is 14.5 Å². The van der Waals surface area contributed by atoms with Gasteiger partial charge in [-0.15, -0.1) is 0 Å². The van der Waals surface area contributed by atoms with Crippen molar-refractivity contribution in [2.24, 2.45) is 0 Å². The van der Waals surface area contributed by atoms with E-state index in [0.717, 1.165) is 41.4 Å². The number of imidazole rings is 1. The van der Waals surface area contributed by atoms with Crippen LogP contribution in [0.3, 0.4) is 0 Å². The monoisotopic (exact) mass is 379 g/mol. The highest BCUT2D eigenvalue weighted by molar-refractivity contribution is 5.80. The van der Waals surface area contributed by atoms with Crippen molar-refractivity contribution in [2.45, 2.75) is 25.8 Å². The van der Waals surface area contributed by atoms with E-state index >= 15 is 0 Å². The van der Waals surface area contributed by atoms with Crippen LogP contribution in [-0.4, -0.2) is 47.2 Å². The average Bonchev–Trinajstić information content (AvgIpc) is 3.29. The number of benzene rings is 2. The first-order chi connectivity index (χ1) is 13.7. The second kappa shape index (κ2) is 7.92. The smallest absolute Gasteiger partial charge is 0.223 e. The lowest BCUT2D eigenvalue weighted by Gasteiger charge is -2.16. The van der Waals surface area contributed by atoms with Gasteiger partial charge in [0.15, 0.2) is 0 Å². The van der Waals surface area contributed by atoms with Gasteiger partial charge in [0.1, 0.15) is 23.9 Å². The molecule has 1 aliphatic heterocycles. The summed E-state index contributed by atoms with van der Waals surface area (Å²) >= 11 is 0. The Balaban J connectivity index is 1.54. The summed E-state index contributed by atoms with van der Waals surface area (Å²) in [7, 11) is 1.65. The zero-order chi connectivity index (χ0) is 19.5. The fourth-order valence-electron chi connectivity index (χ4n) is 3.82. The van der Waals surface area contributed by atoms with Crippen LogP contribution in [0.4, 0.5) is 0 Å². The molecule has 0 bridgehead atoms. The molecule has 4 rings (SSSR count). The number of hydrogen-bond acceptors (Lipinski definition) is 4. The summed E-state index contributed by atoms with van der Waals surface area (Å²) in [5, 5.41) is 0. The van der Waals surface area contributed by atoms with Gasteiger partial charge in [-0.2, -0.15) is 0 Å². The highest BCUT2D eigenvalue weighted by Crippen LogP contribution is 2.30. The molecule has 0 N–H and O–H groups in total. The number of aromatic nitrogens is 2. The molecule has 1 aliphatic rings. The summed E-state index contributed by atoms with van der Waals surface area (Å²) in [4.78, 5) is 19.0. The Hall–Kier alpha value is -3.02. The third-order valence-corrected chi connectivity index (χ3v) is 5.29. The van der Waals surface area contributed by atoms with E-state index in [1.165, 1.54) is 0 Å². The Bertz CT molecular complexity index is 965. The van der Waals surface area contributed by atoms with E-state index in [-0.39, 0.29) is 11.8 Å². The molecule has 1 atom stereocenters. The third kappa shape index (κ3) is 3.54. The van der Waals surface area contributed by atoms with Gasteiger partial charge in [0.2, 0.25) is 5.91 Å². The number of ether oxygens (including phenoxy) is 2. The van der Waals surface area contributed by atoms with Gasteiger partial charge >= 0.3 is 0 Å².